The predicted molar refractivity (Wildman–Crippen MR) is 145 cm³/mol. The maximum Gasteiger partial charge on any atom is 0.410 e. The first-order valence-corrected chi connectivity index (χ1v) is 13.7. The molecule has 2 aromatic heterocycles. The lowest BCUT2D eigenvalue weighted by atomic mass is 9.98. The van der Waals surface area contributed by atoms with E-state index in [0.29, 0.717) is 31.7 Å². The molecule has 1 unspecified atom stereocenters. The van der Waals surface area contributed by atoms with Gasteiger partial charge < -0.3 is 24.3 Å². The van der Waals surface area contributed by atoms with Gasteiger partial charge in [0.2, 0.25) is 0 Å². The van der Waals surface area contributed by atoms with Crippen molar-refractivity contribution in [1.82, 2.24) is 29.5 Å². The minimum Gasteiger partial charge on any atom is -0.444 e. The van der Waals surface area contributed by atoms with Crippen molar-refractivity contribution in [3.8, 4) is 11.6 Å². The molecule has 12 heteroatoms. The zero-order valence-electron chi connectivity index (χ0n) is 23.8. The van der Waals surface area contributed by atoms with Crippen LogP contribution in [0.25, 0.3) is 11.6 Å². The Bertz CT molecular complexity index is 1180. The number of piperazine rings is 1. The maximum absolute atomic E-state index is 13.3. The topological polar surface area (TPSA) is 122 Å². The molecule has 0 saturated carbocycles. The SMILES string of the molecule is CCNc1nnc(-c2nc(C)c(N3CCN(C4CCN(C(=O)OC(C)(C)C)CC4)C(CC)C3)n(C)c2=O)o1. The lowest BCUT2D eigenvalue weighted by Crippen LogP contribution is -2.59. The van der Waals surface area contributed by atoms with Crippen LogP contribution < -0.4 is 15.8 Å². The number of nitrogens with zero attached hydrogens (tertiary/aromatic N) is 7. The molecule has 4 rings (SSSR count). The second kappa shape index (κ2) is 11.3. The van der Waals surface area contributed by atoms with Crippen molar-refractivity contribution >= 4 is 17.9 Å². The molecule has 2 aliphatic heterocycles. The van der Waals surface area contributed by atoms with Crippen molar-refractivity contribution in [2.75, 3.05) is 49.5 Å². The zero-order chi connectivity index (χ0) is 27.6. The Labute approximate surface area is 224 Å². The quantitative estimate of drug-likeness (QED) is 0.596. The molecule has 1 amide bonds. The third-order valence-corrected chi connectivity index (χ3v) is 7.27. The fourth-order valence-corrected chi connectivity index (χ4v) is 5.50. The molecule has 2 fully saturated rings. The summed E-state index contributed by atoms with van der Waals surface area (Å²) in [5.41, 5.74) is 0.165. The van der Waals surface area contributed by atoms with Crippen LogP contribution in [0.4, 0.5) is 16.6 Å². The fraction of sp³-hybridized carbons (Fsp3) is 0.731. The summed E-state index contributed by atoms with van der Waals surface area (Å²) in [6, 6.07) is 1.04. The number of amides is 1. The highest BCUT2D eigenvalue weighted by molar-refractivity contribution is 5.68. The molecule has 1 N–H and O–H groups in total. The van der Waals surface area contributed by atoms with Gasteiger partial charge in [0.15, 0.2) is 5.69 Å². The molecule has 2 saturated heterocycles. The summed E-state index contributed by atoms with van der Waals surface area (Å²) >= 11 is 0. The lowest BCUT2D eigenvalue weighted by Gasteiger charge is -2.48. The highest BCUT2D eigenvalue weighted by atomic mass is 16.6. The van der Waals surface area contributed by atoms with Gasteiger partial charge in [0.05, 0.1) is 5.69 Å². The van der Waals surface area contributed by atoms with E-state index in [1.807, 2.05) is 39.5 Å². The van der Waals surface area contributed by atoms with Crippen molar-refractivity contribution in [2.45, 2.75) is 78.5 Å². The van der Waals surface area contributed by atoms with Crippen molar-refractivity contribution in [3.63, 3.8) is 0 Å². The third-order valence-electron chi connectivity index (χ3n) is 7.27. The molecule has 0 aliphatic carbocycles. The van der Waals surface area contributed by atoms with E-state index in [2.05, 4.69) is 37.2 Å². The van der Waals surface area contributed by atoms with Gasteiger partial charge in [-0.1, -0.05) is 12.0 Å². The molecule has 0 radical (unpaired) electrons. The monoisotopic (exact) mass is 530 g/mol. The van der Waals surface area contributed by atoms with Gasteiger partial charge in [-0.25, -0.2) is 9.78 Å². The van der Waals surface area contributed by atoms with E-state index in [1.54, 1.807) is 11.6 Å². The van der Waals surface area contributed by atoms with Gasteiger partial charge in [-0.2, -0.15) is 0 Å². The van der Waals surface area contributed by atoms with Crippen LogP contribution in [0.5, 0.6) is 0 Å². The maximum atomic E-state index is 13.3. The van der Waals surface area contributed by atoms with E-state index in [0.717, 1.165) is 50.4 Å². The summed E-state index contributed by atoms with van der Waals surface area (Å²) in [6.45, 7) is 16.3. The third kappa shape index (κ3) is 5.95. The number of anilines is 2. The number of likely N-dealkylation sites (tertiary alicyclic amines) is 1. The molecule has 1 atom stereocenters. The normalized spacial score (nSPS) is 19.6. The van der Waals surface area contributed by atoms with Crippen molar-refractivity contribution < 1.29 is 13.9 Å². The summed E-state index contributed by atoms with van der Waals surface area (Å²) in [5, 5.41) is 10.9. The molecule has 12 nitrogen and oxygen atoms in total. The number of carbonyl (C=O) groups is 1. The van der Waals surface area contributed by atoms with Gasteiger partial charge in [-0.05, 0) is 53.9 Å². The minimum absolute atomic E-state index is 0.116. The first-order chi connectivity index (χ1) is 18.0. The first-order valence-electron chi connectivity index (χ1n) is 13.7. The first kappa shape index (κ1) is 27.9. The zero-order valence-corrected chi connectivity index (χ0v) is 23.8. The van der Waals surface area contributed by atoms with Gasteiger partial charge >= 0.3 is 12.1 Å². The Hall–Kier alpha value is -3.15. The largest absolute Gasteiger partial charge is 0.444 e. The fourth-order valence-electron chi connectivity index (χ4n) is 5.50. The molecule has 4 heterocycles. The summed E-state index contributed by atoms with van der Waals surface area (Å²) < 4.78 is 12.8. The van der Waals surface area contributed by atoms with Crippen LogP contribution in [0.3, 0.4) is 0 Å². The van der Waals surface area contributed by atoms with E-state index in [1.165, 1.54) is 0 Å². The number of aryl methyl sites for hydroxylation is 1. The van der Waals surface area contributed by atoms with Crippen molar-refractivity contribution in [3.05, 3.63) is 16.0 Å². The second-order valence-corrected chi connectivity index (χ2v) is 11.1. The second-order valence-electron chi connectivity index (χ2n) is 11.1. The van der Waals surface area contributed by atoms with E-state index >= 15 is 0 Å². The van der Waals surface area contributed by atoms with Gasteiger partial charge in [-0.3, -0.25) is 14.3 Å². The Kier molecular flexibility index (Phi) is 8.29. The van der Waals surface area contributed by atoms with Crippen LogP contribution in [0, 0.1) is 6.92 Å². The molecule has 2 aliphatic rings. The highest BCUT2D eigenvalue weighted by Crippen LogP contribution is 2.28. The number of aromatic nitrogens is 4. The van der Waals surface area contributed by atoms with Gasteiger partial charge in [0.1, 0.15) is 11.4 Å². The van der Waals surface area contributed by atoms with E-state index in [9.17, 15) is 9.59 Å². The number of hydrogen-bond donors (Lipinski definition) is 1. The molecule has 38 heavy (non-hydrogen) atoms. The number of hydrogen-bond acceptors (Lipinski definition) is 10. The Morgan fingerprint density at radius 2 is 1.84 bits per heavy atom. The summed E-state index contributed by atoms with van der Waals surface area (Å²) in [5.74, 6) is 0.938. The van der Waals surface area contributed by atoms with Crippen LogP contribution in [0.15, 0.2) is 9.21 Å². The predicted octanol–water partition coefficient (Wildman–Crippen LogP) is 2.87. The van der Waals surface area contributed by atoms with Crippen LogP contribution in [-0.2, 0) is 11.8 Å². The number of ether oxygens (including phenoxy) is 1. The Morgan fingerprint density at radius 3 is 2.47 bits per heavy atom. The standard InChI is InChI=1S/C26H42N8O4/c1-8-18-16-33(14-15-34(18)19-10-12-32(13-11-19)25(36)38-26(4,5)6)22-17(3)28-20(23(35)31(22)7)21-29-30-24(37-21)27-9-2/h18-19H,8-16H2,1-7H3,(H,27,30). The smallest absolute Gasteiger partial charge is 0.410 e. The summed E-state index contributed by atoms with van der Waals surface area (Å²) in [6.07, 6.45) is 2.64. The molecule has 0 spiro atoms. The molecule has 0 bridgehead atoms. The minimum atomic E-state index is -0.483. The van der Waals surface area contributed by atoms with Crippen LogP contribution in [0.1, 0.15) is 59.6 Å². The highest BCUT2D eigenvalue weighted by Gasteiger charge is 2.36. The van der Waals surface area contributed by atoms with E-state index in [-0.39, 0.29) is 29.3 Å². The van der Waals surface area contributed by atoms with Gasteiger partial charge in [0.25, 0.3) is 11.4 Å². The molecular weight excluding hydrogens is 488 g/mol. The average Bonchev–Trinajstić information content (AvgIpc) is 3.34. The van der Waals surface area contributed by atoms with Crippen molar-refractivity contribution in [1.29, 1.82) is 0 Å². The molecule has 0 aromatic carbocycles. The average molecular weight is 531 g/mol. The van der Waals surface area contributed by atoms with Crippen LogP contribution >= 0.6 is 0 Å². The van der Waals surface area contributed by atoms with Gasteiger partial charge in [-0.15, -0.1) is 5.10 Å². The molecular formula is C26H42N8O4. The molecule has 2 aromatic rings. The lowest BCUT2D eigenvalue weighted by molar-refractivity contribution is 0.00942. The Morgan fingerprint density at radius 1 is 1.13 bits per heavy atom. The van der Waals surface area contributed by atoms with Crippen molar-refractivity contribution in [2.24, 2.45) is 7.05 Å². The number of carbonyl (C=O) groups excluding carboxylic acids is 1. The van der Waals surface area contributed by atoms with Crippen LogP contribution in [-0.4, -0.2) is 92.6 Å². The summed E-state index contributed by atoms with van der Waals surface area (Å²) in [7, 11) is 1.77. The Balaban J connectivity index is 1.45. The number of piperidine rings is 1. The van der Waals surface area contributed by atoms with E-state index < -0.39 is 5.60 Å². The summed E-state index contributed by atoms with van der Waals surface area (Å²) in [4.78, 5) is 37.0. The van der Waals surface area contributed by atoms with E-state index in [4.69, 9.17) is 9.15 Å². The number of rotatable bonds is 6. The number of nitrogens with one attached hydrogen (secondary N) is 1. The van der Waals surface area contributed by atoms with Crippen LogP contribution in [0.2, 0.25) is 0 Å². The molecule has 210 valence electrons. The van der Waals surface area contributed by atoms with Gasteiger partial charge in [0, 0.05) is 58.4 Å².